The van der Waals surface area contributed by atoms with E-state index in [1.165, 1.54) is 20.8 Å². The molecule has 0 fully saturated rings. The average molecular weight is 133 g/mol. The molecule has 0 heterocycles. The fourth-order valence-electron chi connectivity index (χ4n) is 0.153. The fraction of sp³-hybridized carbons (Fsp3) is 1.00. The molecule has 0 aromatic carbocycles. The van der Waals surface area contributed by atoms with Gasteiger partial charge in [-0.3, -0.25) is 10.1 Å². The third-order valence-corrected chi connectivity index (χ3v) is 1.49. The number of aliphatic hydroxyl groups is 1. The van der Waals surface area contributed by atoms with Crippen molar-refractivity contribution in [1.29, 1.82) is 0 Å². The summed E-state index contributed by atoms with van der Waals surface area (Å²) in [7, 11) is 0. The minimum absolute atomic E-state index is 0.488. The van der Waals surface area contributed by atoms with Crippen LogP contribution < -0.4 is 0 Å². The summed E-state index contributed by atoms with van der Waals surface area (Å²) in [5.41, 5.74) is -1.22. The van der Waals surface area contributed by atoms with Gasteiger partial charge in [-0.1, -0.05) is 0 Å². The van der Waals surface area contributed by atoms with Crippen molar-refractivity contribution in [2.45, 2.75) is 32.4 Å². The number of hydrogen-bond acceptors (Lipinski definition) is 3. The molecule has 1 N–H and O–H groups in total. The Balaban J connectivity index is 4.19. The molecule has 0 saturated heterocycles. The van der Waals surface area contributed by atoms with Gasteiger partial charge in [0.05, 0.1) is 0 Å². The molecule has 4 heteroatoms. The van der Waals surface area contributed by atoms with Gasteiger partial charge in [0, 0.05) is 18.8 Å². The molecule has 0 bridgehead atoms. The Kier molecular flexibility index (Phi) is 2.14. The molecule has 0 unspecified atom stereocenters. The van der Waals surface area contributed by atoms with Crippen LogP contribution >= 0.6 is 0 Å². The second kappa shape index (κ2) is 2.31. The van der Waals surface area contributed by atoms with Gasteiger partial charge in [0.2, 0.25) is 5.54 Å². The van der Waals surface area contributed by atoms with Crippen molar-refractivity contribution in [3.05, 3.63) is 10.1 Å². The van der Waals surface area contributed by atoms with Crippen molar-refractivity contribution in [2.75, 3.05) is 0 Å². The molecular weight excluding hydrogens is 122 g/mol. The summed E-state index contributed by atoms with van der Waals surface area (Å²) < 4.78 is 0. The summed E-state index contributed by atoms with van der Waals surface area (Å²) >= 11 is 0. The van der Waals surface area contributed by atoms with Gasteiger partial charge in [-0.2, -0.15) is 0 Å². The number of nitrogens with zero attached hydrogens (tertiary/aromatic N) is 1. The lowest BCUT2D eigenvalue weighted by Crippen LogP contribution is -2.41. The maximum Gasteiger partial charge on any atom is 0.241 e. The summed E-state index contributed by atoms with van der Waals surface area (Å²) in [6.45, 7) is 4.18. The largest absolute Gasteiger partial charge is 0.386 e. The third-order valence-electron chi connectivity index (χ3n) is 1.49. The second-order valence-corrected chi connectivity index (χ2v) is 2.59. The molecule has 0 rings (SSSR count). The van der Waals surface area contributed by atoms with Crippen molar-refractivity contribution in [3.8, 4) is 0 Å². The summed E-state index contributed by atoms with van der Waals surface area (Å²) in [5.74, 6) is 0. The number of rotatable bonds is 2. The van der Waals surface area contributed by atoms with Gasteiger partial charge in [-0.05, 0) is 6.92 Å². The molecule has 0 spiro atoms. The first-order valence-corrected chi connectivity index (χ1v) is 2.71. The van der Waals surface area contributed by atoms with Gasteiger partial charge in [-0.25, -0.2) is 0 Å². The van der Waals surface area contributed by atoms with Crippen LogP contribution in [0.2, 0.25) is 0 Å². The van der Waals surface area contributed by atoms with Gasteiger partial charge in [0.25, 0.3) is 0 Å². The first-order valence-electron chi connectivity index (χ1n) is 2.71. The molecule has 0 aliphatic heterocycles. The second-order valence-electron chi connectivity index (χ2n) is 2.59. The Morgan fingerprint density at radius 3 is 2.00 bits per heavy atom. The normalized spacial score (nSPS) is 15.1. The Morgan fingerprint density at radius 1 is 1.67 bits per heavy atom. The highest BCUT2D eigenvalue weighted by atomic mass is 16.6. The van der Waals surface area contributed by atoms with E-state index < -0.39 is 16.6 Å². The molecular formula is C5H11NO3. The molecule has 0 aromatic heterocycles. The number of nitro groups is 1. The van der Waals surface area contributed by atoms with E-state index in [2.05, 4.69) is 0 Å². The Morgan fingerprint density at radius 2 is 2.00 bits per heavy atom. The minimum Gasteiger partial charge on any atom is -0.386 e. The quantitative estimate of drug-likeness (QED) is 0.438. The number of aliphatic hydroxyl groups excluding tert-OH is 1. The molecule has 54 valence electrons. The zero-order valence-electron chi connectivity index (χ0n) is 5.79. The van der Waals surface area contributed by atoms with Gasteiger partial charge < -0.3 is 5.11 Å². The Hall–Kier alpha value is -0.640. The van der Waals surface area contributed by atoms with E-state index in [9.17, 15) is 10.1 Å². The molecule has 0 radical (unpaired) electrons. The standard InChI is InChI=1S/C5H11NO3/c1-4(7)5(2,3)6(8)9/h4,7H,1-3H3/t4-/m1/s1. The molecule has 4 nitrogen and oxygen atoms in total. The lowest BCUT2D eigenvalue weighted by atomic mass is 10.0. The molecule has 0 amide bonds. The van der Waals surface area contributed by atoms with Crippen molar-refractivity contribution in [1.82, 2.24) is 0 Å². The first-order chi connectivity index (χ1) is 3.89. The molecule has 9 heavy (non-hydrogen) atoms. The van der Waals surface area contributed by atoms with Gasteiger partial charge in [0.1, 0.15) is 6.10 Å². The zero-order chi connectivity index (χ0) is 7.65. The van der Waals surface area contributed by atoms with Gasteiger partial charge in [0.15, 0.2) is 0 Å². The van der Waals surface area contributed by atoms with Crippen molar-refractivity contribution in [2.24, 2.45) is 0 Å². The van der Waals surface area contributed by atoms with Crippen molar-refractivity contribution >= 4 is 0 Å². The van der Waals surface area contributed by atoms with Crippen LogP contribution in [0.15, 0.2) is 0 Å². The highest BCUT2D eigenvalue weighted by Gasteiger charge is 2.36. The summed E-state index contributed by atoms with van der Waals surface area (Å²) in [6, 6.07) is 0. The number of hydrogen-bond donors (Lipinski definition) is 1. The van der Waals surface area contributed by atoms with Gasteiger partial charge in [-0.15, -0.1) is 0 Å². The predicted molar refractivity (Wildman–Crippen MR) is 32.8 cm³/mol. The first kappa shape index (κ1) is 8.36. The van der Waals surface area contributed by atoms with Gasteiger partial charge >= 0.3 is 0 Å². The third kappa shape index (κ3) is 1.64. The zero-order valence-corrected chi connectivity index (χ0v) is 5.79. The monoisotopic (exact) mass is 133 g/mol. The highest BCUT2D eigenvalue weighted by molar-refractivity contribution is 4.72. The van der Waals surface area contributed by atoms with Crippen LogP contribution in [-0.4, -0.2) is 21.7 Å². The lowest BCUT2D eigenvalue weighted by Gasteiger charge is -2.17. The highest BCUT2D eigenvalue weighted by Crippen LogP contribution is 2.11. The van der Waals surface area contributed by atoms with E-state index in [1.807, 2.05) is 0 Å². The maximum absolute atomic E-state index is 10.1. The summed E-state index contributed by atoms with van der Waals surface area (Å²) in [5, 5.41) is 18.9. The van der Waals surface area contributed by atoms with E-state index in [0.29, 0.717) is 0 Å². The Bertz CT molecular complexity index is 119. The van der Waals surface area contributed by atoms with Crippen LogP contribution in [0.25, 0.3) is 0 Å². The lowest BCUT2D eigenvalue weighted by molar-refractivity contribution is -0.572. The van der Waals surface area contributed by atoms with Crippen LogP contribution in [0.3, 0.4) is 0 Å². The predicted octanol–water partition coefficient (Wildman–Crippen LogP) is 0.422. The summed E-state index contributed by atoms with van der Waals surface area (Å²) in [4.78, 5) is 9.62. The molecule has 0 aliphatic carbocycles. The molecule has 0 saturated carbocycles. The van der Waals surface area contributed by atoms with Crippen LogP contribution in [0, 0.1) is 10.1 Å². The molecule has 0 aromatic rings. The van der Waals surface area contributed by atoms with Crippen LogP contribution in [0.5, 0.6) is 0 Å². The molecule has 1 atom stereocenters. The van der Waals surface area contributed by atoms with E-state index in [4.69, 9.17) is 5.11 Å². The average Bonchev–Trinajstić information content (AvgIpc) is 1.65. The van der Waals surface area contributed by atoms with Crippen molar-refractivity contribution in [3.63, 3.8) is 0 Å². The van der Waals surface area contributed by atoms with Crippen LogP contribution in [0.1, 0.15) is 20.8 Å². The molecule has 0 aliphatic rings. The topological polar surface area (TPSA) is 63.4 Å². The minimum atomic E-state index is -1.22. The van der Waals surface area contributed by atoms with E-state index in [1.54, 1.807) is 0 Å². The van der Waals surface area contributed by atoms with E-state index in [0.717, 1.165) is 0 Å². The van der Waals surface area contributed by atoms with Crippen LogP contribution in [0.4, 0.5) is 0 Å². The van der Waals surface area contributed by atoms with E-state index in [-0.39, 0.29) is 0 Å². The summed E-state index contributed by atoms with van der Waals surface area (Å²) in [6.07, 6.45) is -0.910. The Labute approximate surface area is 53.6 Å². The smallest absolute Gasteiger partial charge is 0.241 e. The van der Waals surface area contributed by atoms with E-state index >= 15 is 0 Å². The SMILES string of the molecule is C[C@@H](O)C(C)(C)[N+](=O)[O-]. The van der Waals surface area contributed by atoms with Crippen LogP contribution in [-0.2, 0) is 0 Å². The fourth-order valence-corrected chi connectivity index (χ4v) is 0.153. The maximum atomic E-state index is 10.1. The van der Waals surface area contributed by atoms with Crippen molar-refractivity contribution < 1.29 is 10.0 Å².